The van der Waals surface area contributed by atoms with Crippen LogP contribution in [0.25, 0.3) is 0 Å². The van der Waals surface area contributed by atoms with Gasteiger partial charge >= 0.3 is 0 Å². The zero-order chi connectivity index (χ0) is 10.7. The maximum absolute atomic E-state index is 5.61. The fourth-order valence-corrected chi connectivity index (χ4v) is 1.42. The van der Waals surface area contributed by atoms with Gasteiger partial charge in [0.2, 0.25) is 0 Å². The minimum Gasteiger partial charge on any atom is -0.319 e. The van der Waals surface area contributed by atoms with Gasteiger partial charge in [-0.3, -0.25) is 0 Å². The summed E-state index contributed by atoms with van der Waals surface area (Å²) in [6, 6.07) is 0. The zero-order valence-corrected chi connectivity index (χ0v) is 9.09. The lowest BCUT2D eigenvalue weighted by Crippen LogP contribution is -2.06. The third kappa shape index (κ3) is 2.33. The first-order chi connectivity index (χ1) is 7.29. The summed E-state index contributed by atoms with van der Waals surface area (Å²) in [7, 11) is 1.89. The van der Waals surface area contributed by atoms with Crippen molar-refractivity contribution >= 4 is 11.6 Å². The van der Waals surface area contributed by atoms with E-state index in [0.717, 1.165) is 17.9 Å². The summed E-state index contributed by atoms with van der Waals surface area (Å²) in [5.41, 5.74) is 0.896. The second-order valence-corrected chi connectivity index (χ2v) is 3.58. The summed E-state index contributed by atoms with van der Waals surface area (Å²) in [5, 5.41) is 15.7. The monoisotopic (exact) mass is 226 g/mol. The molecule has 0 atom stereocenters. The van der Waals surface area contributed by atoms with Crippen LogP contribution in [0.2, 0.25) is 0 Å². The predicted molar refractivity (Wildman–Crippen MR) is 54.6 cm³/mol. The van der Waals surface area contributed by atoms with Crippen molar-refractivity contribution in [2.24, 2.45) is 7.05 Å². The Morgan fingerprint density at radius 1 is 1.40 bits per heavy atom. The van der Waals surface area contributed by atoms with Gasteiger partial charge in [-0.25, -0.2) is 4.68 Å². The maximum atomic E-state index is 5.61. The van der Waals surface area contributed by atoms with E-state index < -0.39 is 0 Å². The lowest BCUT2D eigenvalue weighted by atomic mass is 10.4. The second-order valence-electron chi connectivity index (χ2n) is 3.20. The Kier molecular flexibility index (Phi) is 2.96. The molecule has 0 fully saturated rings. The van der Waals surface area contributed by atoms with Crippen LogP contribution < -0.4 is 0 Å². The molecule has 2 heterocycles. The molecule has 0 aliphatic rings. The van der Waals surface area contributed by atoms with E-state index in [9.17, 15) is 0 Å². The molecule has 0 radical (unpaired) electrons. The van der Waals surface area contributed by atoms with Crippen molar-refractivity contribution in [3.05, 3.63) is 24.0 Å². The van der Waals surface area contributed by atoms with E-state index in [-0.39, 0.29) is 0 Å². The van der Waals surface area contributed by atoms with Crippen LogP contribution in [-0.4, -0.2) is 35.6 Å². The van der Waals surface area contributed by atoms with Crippen molar-refractivity contribution in [3.8, 4) is 0 Å². The minimum atomic E-state index is 0.558. The molecule has 80 valence electrons. The van der Waals surface area contributed by atoms with E-state index in [1.165, 1.54) is 0 Å². The fraction of sp³-hybridized carbons (Fsp3) is 0.500. The second kappa shape index (κ2) is 4.39. The topological polar surface area (TPSA) is 61.4 Å². The highest BCUT2D eigenvalue weighted by atomic mass is 35.5. The molecule has 2 aromatic rings. The normalized spacial score (nSPS) is 10.8. The Balaban J connectivity index is 2.08. The molecule has 0 spiro atoms. The van der Waals surface area contributed by atoms with Crippen molar-refractivity contribution in [2.75, 3.05) is 5.88 Å². The van der Waals surface area contributed by atoms with E-state index >= 15 is 0 Å². The van der Waals surface area contributed by atoms with E-state index in [0.29, 0.717) is 12.4 Å². The molecular weight excluding hydrogens is 216 g/mol. The number of nitrogens with zero attached hydrogens (tertiary/aromatic N) is 6. The van der Waals surface area contributed by atoms with E-state index in [2.05, 4.69) is 20.5 Å². The smallest absolute Gasteiger partial charge is 0.154 e. The molecule has 0 saturated heterocycles. The minimum absolute atomic E-state index is 0.558. The number of aryl methyl sites for hydroxylation is 2. The van der Waals surface area contributed by atoms with Crippen LogP contribution in [0, 0.1) is 0 Å². The molecule has 2 rings (SSSR count). The molecule has 0 amide bonds. The van der Waals surface area contributed by atoms with Crippen LogP contribution in [0.1, 0.15) is 11.5 Å². The molecule has 0 N–H and O–H groups in total. The van der Waals surface area contributed by atoms with Gasteiger partial charge in [-0.05, 0) is 0 Å². The Morgan fingerprint density at radius 3 is 2.93 bits per heavy atom. The molecule has 0 aliphatic carbocycles. The number of halogens is 1. The highest BCUT2D eigenvalue weighted by Crippen LogP contribution is 1.99. The number of hydrogen-bond acceptors (Lipinski definition) is 4. The maximum Gasteiger partial charge on any atom is 0.154 e. The van der Waals surface area contributed by atoms with Crippen LogP contribution in [-0.2, 0) is 20.0 Å². The van der Waals surface area contributed by atoms with Crippen molar-refractivity contribution in [3.63, 3.8) is 0 Å². The van der Waals surface area contributed by atoms with Crippen LogP contribution in [0.3, 0.4) is 0 Å². The number of rotatable bonds is 4. The Morgan fingerprint density at radius 2 is 2.27 bits per heavy atom. The van der Waals surface area contributed by atoms with Crippen molar-refractivity contribution in [1.82, 2.24) is 29.8 Å². The quantitative estimate of drug-likeness (QED) is 0.701. The number of alkyl halides is 1. The molecule has 0 unspecified atom stereocenters. The molecule has 0 aromatic carbocycles. The van der Waals surface area contributed by atoms with Crippen LogP contribution >= 0.6 is 11.6 Å². The summed E-state index contributed by atoms with van der Waals surface area (Å²) < 4.78 is 3.58. The van der Waals surface area contributed by atoms with Crippen LogP contribution in [0.15, 0.2) is 12.5 Å². The Bertz CT molecular complexity index is 434. The number of hydrogen-bond donors (Lipinski definition) is 0. The molecule has 15 heavy (non-hydrogen) atoms. The van der Waals surface area contributed by atoms with Gasteiger partial charge in [0.15, 0.2) is 5.82 Å². The van der Waals surface area contributed by atoms with Crippen molar-refractivity contribution in [1.29, 1.82) is 0 Å². The molecule has 0 aliphatic heterocycles. The molecular formula is C8H11ClN6. The number of aromatic nitrogens is 6. The summed E-state index contributed by atoms with van der Waals surface area (Å²) in [5.74, 6) is 1.40. The Labute approximate surface area is 91.9 Å². The Hall–Kier alpha value is -1.43. The van der Waals surface area contributed by atoms with Gasteiger partial charge in [-0.2, -0.15) is 0 Å². The van der Waals surface area contributed by atoms with Gasteiger partial charge in [-0.1, -0.05) is 5.21 Å². The summed E-state index contributed by atoms with van der Waals surface area (Å²) in [6.45, 7) is 0.575. The summed E-state index contributed by atoms with van der Waals surface area (Å²) in [4.78, 5) is 0. The highest BCUT2D eigenvalue weighted by molar-refractivity contribution is 6.17. The summed E-state index contributed by atoms with van der Waals surface area (Å²) in [6.07, 6.45) is 4.27. The van der Waals surface area contributed by atoms with E-state index in [1.54, 1.807) is 11.0 Å². The van der Waals surface area contributed by atoms with Gasteiger partial charge in [0, 0.05) is 25.5 Å². The van der Waals surface area contributed by atoms with Crippen LogP contribution in [0.4, 0.5) is 0 Å². The fourth-order valence-electron chi connectivity index (χ4n) is 1.22. The average molecular weight is 227 g/mol. The van der Waals surface area contributed by atoms with Crippen molar-refractivity contribution in [2.45, 2.75) is 13.0 Å². The lowest BCUT2D eigenvalue weighted by Gasteiger charge is -1.98. The predicted octanol–water partition coefficient (Wildman–Crippen LogP) is 0.236. The molecule has 6 nitrogen and oxygen atoms in total. The van der Waals surface area contributed by atoms with E-state index in [4.69, 9.17) is 11.6 Å². The third-order valence-corrected chi connectivity index (χ3v) is 2.23. The molecule has 2 aromatic heterocycles. The largest absolute Gasteiger partial charge is 0.319 e. The first-order valence-electron chi connectivity index (χ1n) is 4.57. The molecule has 7 heteroatoms. The van der Waals surface area contributed by atoms with Gasteiger partial charge in [0.05, 0.1) is 5.69 Å². The SMILES string of the molecule is Cn1cnnc1Cn1cc(CCCl)nn1. The third-order valence-electron chi connectivity index (χ3n) is 2.05. The van der Waals surface area contributed by atoms with E-state index in [1.807, 2.05) is 17.8 Å². The van der Waals surface area contributed by atoms with Gasteiger partial charge in [0.1, 0.15) is 12.9 Å². The van der Waals surface area contributed by atoms with Gasteiger partial charge in [0.25, 0.3) is 0 Å². The van der Waals surface area contributed by atoms with Gasteiger partial charge < -0.3 is 4.57 Å². The standard InChI is InChI=1S/C8H11ClN6/c1-14-6-10-12-8(14)5-15-4-7(2-3-9)11-13-15/h4,6H,2-3,5H2,1H3. The first kappa shape index (κ1) is 10.1. The van der Waals surface area contributed by atoms with Gasteiger partial charge in [-0.15, -0.1) is 26.9 Å². The lowest BCUT2D eigenvalue weighted by molar-refractivity contribution is 0.605. The molecule has 0 bridgehead atoms. The van der Waals surface area contributed by atoms with Crippen molar-refractivity contribution < 1.29 is 0 Å². The van der Waals surface area contributed by atoms with Crippen LogP contribution in [0.5, 0.6) is 0 Å². The first-order valence-corrected chi connectivity index (χ1v) is 5.11. The molecule has 0 saturated carbocycles. The summed E-state index contributed by atoms with van der Waals surface area (Å²) >= 11 is 5.61. The zero-order valence-electron chi connectivity index (χ0n) is 8.34. The highest BCUT2D eigenvalue weighted by Gasteiger charge is 2.04. The average Bonchev–Trinajstić information content (AvgIpc) is 2.79.